The Balaban J connectivity index is 1.80. The number of thiophene rings is 1. The van der Waals surface area contributed by atoms with Crippen molar-refractivity contribution in [3.8, 4) is 5.75 Å². The molecule has 6 nitrogen and oxygen atoms in total. The topological polar surface area (TPSA) is 76.7 Å². The third kappa shape index (κ3) is 5.32. The van der Waals surface area contributed by atoms with E-state index in [-0.39, 0.29) is 16.4 Å². The number of thiocarbonyl (C=S) groups is 1. The highest BCUT2D eigenvalue weighted by molar-refractivity contribution is 9.10. The van der Waals surface area contributed by atoms with Crippen molar-refractivity contribution in [3.05, 3.63) is 44.2 Å². The highest BCUT2D eigenvalue weighted by atomic mass is 79.9. The first-order valence-corrected chi connectivity index (χ1v) is 12.3. The maximum Gasteiger partial charge on any atom is 0.341 e. The van der Waals surface area contributed by atoms with Crippen LogP contribution in [-0.4, -0.2) is 31.2 Å². The molecule has 0 fully saturated rings. The van der Waals surface area contributed by atoms with Crippen LogP contribution >= 0.6 is 39.5 Å². The van der Waals surface area contributed by atoms with Crippen LogP contribution in [0.25, 0.3) is 0 Å². The molecule has 1 unspecified atom stereocenters. The van der Waals surface area contributed by atoms with Crippen LogP contribution in [0.4, 0.5) is 5.00 Å². The lowest BCUT2D eigenvalue weighted by Crippen LogP contribution is -2.34. The van der Waals surface area contributed by atoms with Crippen LogP contribution in [0, 0.1) is 11.3 Å². The van der Waals surface area contributed by atoms with Gasteiger partial charge in [0.2, 0.25) is 0 Å². The van der Waals surface area contributed by atoms with Gasteiger partial charge in [-0.2, -0.15) is 0 Å². The standard InChI is InChI=1S/C23H27BrN2O4S2/c1-23(2,3)13-7-8-14-17(11-13)32-20(18(14)21(28)30-5)26-22(31)25-19(27)12-6-9-16(29-4)15(24)10-12/h6,9-10,13H,7-8,11H2,1-5H3,(H2,25,26,27,31). The number of nitrogens with one attached hydrogen (secondary N) is 2. The molecule has 1 aromatic heterocycles. The number of carbonyl (C=O) groups is 2. The van der Waals surface area contributed by atoms with Gasteiger partial charge in [0.05, 0.1) is 24.3 Å². The number of carbonyl (C=O) groups excluding carboxylic acids is 2. The summed E-state index contributed by atoms with van der Waals surface area (Å²) < 4.78 is 10.9. The molecule has 1 amide bonds. The van der Waals surface area contributed by atoms with E-state index in [1.807, 2.05) is 0 Å². The molecule has 3 rings (SSSR count). The van der Waals surface area contributed by atoms with Gasteiger partial charge in [-0.15, -0.1) is 11.3 Å². The zero-order valence-corrected chi connectivity index (χ0v) is 22.0. The minimum atomic E-state index is -0.396. The van der Waals surface area contributed by atoms with Gasteiger partial charge in [-0.05, 0) is 82.5 Å². The number of benzene rings is 1. The van der Waals surface area contributed by atoms with E-state index in [0.29, 0.717) is 32.3 Å². The Labute approximate surface area is 206 Å². The minimum Gasteiger partial charge on any atom is -0.496 e. The van der Waals surface area contributed by atoms with E-state index in [0.717, 1.165) is 24.8 Å². The molecule has 32 heavy (non-hydrogen) atoms. The van der Waals surface area contributed by atoms with Crippen LogP contribution in [0.1, 0.15) is 58.3 Å². The zero-order valence-electron chi connectivity index (χ0n) is 18.8. The van der Waals surface area contributed by atoms with Gasteiger partial charge in [0.15, 0.2) is 5.11 Å². The summed E-state index contributed by atoms with van der Waals surface area (Å²) in [7, 11) is 2.93. The second kappa shape index (κ2) is 9.89. The molecule has 0 radical (unpaired) electrons. The van der Waals surface area contributed by atoms with E-state index in [1.54, 1.807) is 25.3 Å². The van der Waals surface area contributed by atoms with E-state index in [2.05, 4.69) is 47.3 Å². The Morgan fingerprint density at radius 3 is 2.56 bits per heavy atom. The molecule has 0 bridgehead atoms. The van der Waals surface area contributed by atoms with Gasteiger partial charge in [0, 0.05) is 10.4 Å². The predicted octanol–water partition coefficient (Wildman–Crippen LogP) is 5.58. The highest BCUT2D eigenvalue weighted by Gasteiger charge is 2.34. The summed E-state index contributed by atoms with van der Waals surface area (Å²) in [5, 5.41) is 6.47. The summed E-state index contributed by atoms with van der Waals surface area (Å²) >= 11 is 10.3. The second-order valence-corrected chi connectivity index (χ2v) is 11.1. The van der Waals surface area contributed by atoms with Crippen molar-refractivity contribution in [1.82, 2.24) is 5.32 Å². The number of ether oxygens (including phenoxy) is 2. The van der Waals surface area contributed by atoms with Gasteiger partial charge >= 0.3 is 5.97 Å². The number of rotatable bonds is 4. The van der Waals surface area contributed by atoms with E-state index >= 15 is 0 Å². The van der Waals surface area contributed by atoms with Gasteiger partial charge in [0.1, 0.15) is 10.8 Å². The van der Waals surface area contributed by atoms with Crippen LogP contribution in [0.15, 0.2) is 22.7 Å². The molecule has 9 heteroatoms. The van der Waals surface area contributed by atoms with Crippen LogP contribution in [0.3, 0.4) is 0 Å². The summed E-state index contributed by atoms with van der Waals surface area (Å²) in [4.78, 5) is 26.4. The fourth-order valence-electron chi connectivity index (χ4n) is 3.85. The minimum absolute atomic E-state index is 0.123. The van der Waals surface area contributed by atoms with Crippen LogP contribution < -0.4 is 15.4 Å². The van der Waals surface area contributed by atoms with Crippen molar-refractivity contribution in [2.24, 2.45) is 11.3 Å². The van der Waals surface area contributed by atoms with Crippen LogP contribution in [-0.2, 0) is 17.6 Å². The first-order chi connectivity index (χ1) is 15.0. The maximum atomic E-state index is 12.6. The average Bonchev–Trinajstić information content (AvgIpc) is 3.09. The van der Waals surface area contributed by atoms with Crippen molar-refractivity contribution in [3.63, 3.8) is 0 Å². The molecular formula is C23H27BrN2O4S2. The molecule has 2 N–H and O–H groups in total. The Hall–Kier alpha value is -1.97. The third-order valence-corrected chi connectivity index (χ3v) is 7.74. The van der Waals surface area contributed by atoms with Crippen molar-refractivity contribution in [2.45, 2.75) is 40.0 Å². The number of fused-ring (bicyclic) bond motifs is 1. The highest BCUT2D eigenvalue weighted by Crippen LogP contribution is 2.44. The van der Waals surface area contributed by atoms with Crippen LogP contribution in [0.2, 0.25) is 0 Å². The molecule has 2 aromatic rings. The summed E-state index contributed by atoms with van der Waals surface area (Å²) in [6, 6.07) is 5.01. The smallest absolute Gasteiger partial charge is 0.341 e. The first kappa shape index (κ1) is 24.7. The molecule has 172 valence electrons. The summed E-state index contributed by atoms with van der Waals surface area (Å²) in [6.07, 6.45) is 2.75. The van der Waals surface area contributed by atoms with E-state index in [9.17, 15) is 9.59 Å². The lowest BCUT2D eigenvalue weighted by Gasteiger charge is -2.33. The Bertz CT molecular complexity index is 1060. The lowest BCUT2D eigenvalue weighted by molar-refractivity contribution is 0.0600. The van der Waals surface area contributed by atoms with E-state index in [1.165, 1.54) is 23.3 Å². The molecule has 0 saturated heterocycles. The van der Waals surface area contributed by atoms with Gasteiger partial charge in [-0.25, -0.2) is 4.79 Å². The largest absolute Gasteiger partial charge is 0.496 e. The SMILES string of the molecule is COC(=O)c1c(NC(=S)NC(=O)c2ccc(OC)c(Br)c2)sc2c1CCC(C(C)(C)C)C2. The van der Waals surface area contributed by atoms with Crippen molar-refractivity contribution >= 4 is 61.5 Å². The van der Waals surface area contributed by atoms with Crippen LogP contribution in [0.5, 0.6) is 5.75 Å². The Morgan fingerprint density at radius 1 is 1.25 bits per heavy atom. The summed E-state index contributed by atoms with van der Waals surface area (Å²) in [5.74, 6) is 0.405. The number of hydrogen-bond acceptors (Lipinski definition) is 6. The Morgan fingerprint density at radius 2 is 1.97 bits per heavy atom. The second-order valence-electron chi connectivity index (χ2n) is 8.76. The molecule has 1 atom stereocenters. The number of methoxy groups -OCH3 is 2. The van der Waals surface area contributed by atoms with Crippen molar-refractivity contribution < 1.29 is 19.1 Å². The molecule has 1 aliphatic rings. The first-order valence-electron chi connectivity index (χ1n) is 10.2. The lowest BCUT2D eigenvalue weighted by atomic mass is 9.72. The number of hydrogen-bond donors (Lipinski definition) is 2. The van der Waals surface area contributed by atoms with Crippen molar-refractivity contribution in [2.75, 3.05) is 19.5 Å². The molecule has 1 aromatic carbocycles. The number of amides is 1. The number of esters is 1. The fraction of sp³-hybridized carbons (Fsp3) is 0.435. The fourth-order valence-corrected chi connectivity index (χ4v) is 5.97. The van der Waals surface area contributed by atoms with Crippen molar-refractivity contribution in [1.29, 1.82) is 0 Å². The maximum absolute atomic E-state index is 12.6. The molecular weight excluding hydrogens is 512 g/mol. The third-order valence-electron chi connectivity index (χ3n) is 5.75. The summed E-state index contributed by atoms with van der Waals surface area (Å²) in [6.45, 7) is 6.75. The van der Waals surface area contributed by atoms with Gasteiger partial charge in [-0.1, -0.05) is 20.8 Å². The molecule has 0 saturated carbocycles. The number of halogens is 1. The molecule has 0 aliphatic heterocycles. The monoisotopic (exact) mass is 538 g/mol. The molecule has 1 heterocycles. The predicted molar refractivity (Wildman–Crippen MR) is 135 cm³/mol. The van der Waals surface area contributed by atoms with Gasteiger partial charge in [0.25, 0.3) is 5.91 Å². The Kier molecular flexibility index (Phi) is 7.62. The van der Waals surface area contributed by atoms with Gasteiger partial charge in [-0.3, -0.25) is 10.1 Å². The molecule has 1 aliphatic carbocycles. The molecule has 0 spiro atoms. The zero-order chi connectivity index (χ0) is 23.6. The van der Waals surface area contributed by atoms with Gasteiger partial charge < -0.3 is 14.8 Å². The average molecular weight is 540 g/mol. The summed E-state index contributed by atoms with van der Waals surface area (Å²) in [5.41, 5.74) is 2.16. The quantitative estimate of drug-likeness (QED) is 0.390. The van der Waals surface area contributed by atoms with E-state index < -0.39 is 5.97 Å². The van der Waals surface area contributed by atoms with E-state index in [4.69, 9.17) is 21.7 Å². The normalized spacial score (nSPS) is 15.5. The number of anilines is 1.